The molecule has 1 aromatic heterocycles. The largest absolute Gasteiger partial charge is 0.322 e. The fraction of sp³-hybridized carbons (Fsp3) is 0.238. The van der Waals surface area contributed by atoms with Crippen molar-refractivity contribution in [3.05, 3.63) is 75.5 Å². The molecule has 5 nitrogen and oxygen atoms in total. The zero-order chi connectivity index (χ0) is 19.5. The summed E-state index contributed by atoms with van der Waals surface area (Å²) in [6.07, 6.45) is 3.61. The lowest BCUT2D eigenvalue weighted by atomic mass is 9.91. The Morgan fingerprint density at radius 1 is 1.11 bits per heavy atom. The van der Waals surface area contributed by atoms with E-state index in [0.717, 1.165) is 47.5 Å². The predicted molar refractivity (Wildman–Crippen MR) is 116 cm³/mol. The van der Waals surface area contributed by atoms with E-state index in [9.17, 15) is 4.79 Å². The Kier molecular flexibility index (Phi) is 5.80. The van der Waals surface area contributed by atoms with Crippen LogP contribution in [0.1, 0.15) is 34.8 Å². The first-order valence-corrected chi connectivity index (χ1v) is 10.4. The van der Waals surface area contributed by atoms with Gasteiger partial charge in [0.2, 0.25) is 0 Å². The number of anilines is 1. The van der Waals surface area contributed by atoms with Gasteiger partial charge in [0.1, 0.15) is 0 Å². The van der Waals surface area contributed by atoms with Crippen LogP contribution in [0.3, 0.4) is 0 Å². The maximum absolute atomic E-state index is 13.0. The third-order valence-corrected chi connectivity index (χ3v) is 5.73. The quantitative estimate of drug-likeness (QED) is 0.577. The van der Waals surface area contributed by atoms with Crippen molar-refractivity contribution in [3.8, 4) is 5.69 Å². The van der Waals surface area contributed by atoms with Gasteiger partial charge in [0.25, 0.3) is 5.91 Å². The van der Waals surface area contributed by atoms with E-state index >= 15 is 0 Å². The van der Waals surface area contributed by atoms with E-state index in [1.54, 1.807) is 6.20 Å². The van der Waals surface area contributed by atoms with Gasteiger partial charge in [0.05, 0.1) is 23.1 Å². The highest BCUT2D eigenvalue weighted by Gasteiger charge is 2.27. The van der Waals surface area contributed by atoms with Crippen LogP contribution in [0, 0.1) is 0 Å². The van der Waals surface area contributed by atoms with Crippen LogP contribution in [0.5, 0.6) is 0 Å². The predicted octanol–water partition coefficient (Wildman–Crippen LogP) is 5.01. The molecule has 1 aliphatic rings. The average molecular weight is 460 g/mol. The van der Waals surface area contributed by atoms with Crippen LogP contribution >= 0.6 is 27.5 Å². The van der Waals surface area contributed by atoms with Gasteiger partial charge >= 0.3 is 0 Å². The zero-order valence-electron chi connectivity index (χ0n) is 15.2. The van der Waals surface area contributed by atoms with Gasteiger partial charge in [0, 0.05) is 21.1 Å². The summed E-state index contributed by atoms with van der Waals surface area (Å²) in [7, 11) is 0. The van der Waals surface area contributed by atoms with Crippen molar-refractivity contribution in [1.29, 1.82) is 0 Å². The molecule has 0 aliphatic carbocycles. The fourth-order valence-corrected chi connectivity index (χ4v) is 3.93. The van der Waals surface area contributed by atoms with Crippen LogP contribution in [0.25, 0.3) is 5.69 Å². The summed E-state index contributed by atoms with van der Waals surface area (Å²) in [5, 5.41) is 11.6. The van der Waals surface area contributed by atoms with E-state index in [1.807, 2.05) is 53.2 Å². The first kappa shape index (κ1) is 19.2. The van der Waals surface area contributed by atoms with Gasteiger partial charge in [-0.1, -0.05) is 27.5 Å². The zero-order valence-corrected chi connectivity index (χ0v) is 17.5. The number of nitrogens with one attached hydrogen (secondary N) is 2. The van der Waals surface area contributed by atoms with Crippen molar-refractivity contribution < 1.29 is 4.79 Å². The second kappa shape index (κ2) is 8.47. The molecule has 0 spiro atoms. The summed E-state index contributed by atoms with van der Waals surface area (Å²) in [5.41, 5.74) is 3.23. The molecule has 1 saturated heterocycles. The van der Waals surface area contributed by atoms with E-state index in [1.165, 1.54) is 0 Å². The van der Waals surface area contributed by atoms with E-state index in [-0.39, 0.29) is 11.8 Å². The van der Waals surface area contributed by atoms with E-state index in [2.05, 4.69) is 31.7 Å². The number of aromatic nitrogens is 2. The van der Waals surface area contributed by atoms with Gasteiger partial charge in [-0.3, -0.25) is 4.79 Å². The first-order valence-electron chi connectivity index (χ1n) is 9.23. The third-order valence-electron chi connectivity index (χ3n) is 4.95. The van der Waals surface area contributed by atoms with E-state index in [0.29, 0.717) is 10.6 Å². The van der Waals surface area contributed by atoms with E-state index < -0.39 is 0 Å². The molecular formula is C21H20BrClN4O. The van der Waals surface area contributed by atoms with Gasteiger partial charge in [-0.2, -0.15) is 5.10 Å². The second-order valence-electron chi connectivity index (χ2n) is 6.82. The molecule has 7 heteroatoms. The Morgan fingerprint density at radius 3 is 2.46 bits per heavy atom. The molecule has 4 rings (SSSR count). The fourth-order valence-electron chi connectivity index (χ4n) is 3.54. The Hall–Kier alpha value is -2.15. The summed E-state index contributed by atoms with van der Waals surface area (Å²) in [4.78, 5) is 13.0. The van der Waals surface area contributed by atoms with Crippen LogP contribution in [-0.4, -0.2) is 28.8 Å². The topological polar surface area (TPSA) is 59.0 Å². The number of carbonyl (C=O) groups excluding carboxylic acids is 1. The number of hydrogen-bond donors (Lipinski definition) is 2. The normalized spacial score (nSPS) is 14.8. The highest BCUT2D eigenvalue weighted by atomic mass is 79.9. The van der Waals surface area contributed by atoms with Crippen LogP contribution < -0.4 is 10.6 Å². The number of nitrogens with zero attached hydrogens (tertiary/aromatic N) is 2. The van der Waals surface area contributed by atoms with Crippen molar-refractivity contribution in [3.63, 3.8) is 0 Å². The van der Waals surface area contributed by atoms with Crippen molar-refractivity contribution >= 4 is 39.1 Å². The molecule has 0 saturated carbocycles. The summed E-state index contributed by atoms with van der Waals surface area (Å²) in [6, 6.07) is 15.1. The molecule has 1 amide bonds. The lowest BCUT2D eigenvalue weighted by molar-refractivity contribution is 0.102. The number of hydrogen-bond acceptors (Lipinski definition) is 3. The highest BCUT2D eigenvalue weighted by Crippen LogP contribution is 2.31. The number of piperidine rings is 1. The molecule has 1 aliphatic heterocycles. The molecular weight excluding hydrogens is 440 g/mol. The SMILES string of the molecule is O=C(Nc1ccc(Br)cc1)c1cnn(-c2ccc(Cl)cc2)c1C1CCNCC1. The minimum absolute atomic E-state index is 0.143. The summed E-state index contributed by atoms with van der Waals surface area (Å²) in [5.74, 6) is 0.126. The minimum Gasteiger partial charge on any atom is -0.322 e. The Bertz CT molecular complexity index is 963. The van der Waals surface area contributed by atoms with Crippen molar-refractivity contribution in [2.24, 2.45) is 0 Å². The smallest absolute Gasteiger partial charge is 0.259 e. The molecule has 0 bridgehead atoms. The van der Waals surface area contributed by atoms with Crippen LogP contribution in [0.4, 0.5) is 5.69 Å². The summed E-state index contributed by atoms with van der Waals surface area (Å²) >= 11 is 9.45. The Balaban J connectivity index is 1.70. The van der Waals surface area contributed by atoms with Gasteiger partial charge in [-0.05, 0) is 74.5 Å². The molecule has 2 aromatic carbocycles. The van der Waals surface area contributed by atoms with Gasteiger partial charge in [-0.25, -0.2) is 4.68 Å². The molecule has 144 valence electrons. The lowest BCUT2D eigenvalue weighted by Crippen LogP contribution is -2.29. The molecule has 28 heavy (non-hydrogen) atoms. The number of carbonyl (C=O) groups is 1. The minimum atomic E-state index is -0.143. The van der Waals surface area contributed by atoms with Gasteiger partial charge in [-0.15, -0.1) is 0 Å². The molecule has 0 atom stereocenters. The standard InChI is InChI=1S/C21H20BrClN4O/c22-15-1-5-17(6-2-15)26-21(28)19-13-25-27(18-7-3-16(23)4-8-18)20(19)14-9-11-24-12-10-14/h1-8,13-14,24H,9-12H2,(H,26,28). The first-order chi connectivity index (χ1) is 13.6. The van der Waals surface area contributed by atoms with Crippen LogP contribution in [0.2, 0.25) is 5.02 Å². The molecule has 0 radical (unpaired) electrons. The van der Waals surface area contributed by atoms with Crippen LogP contribution in [0.15, 0.2) is 59.2 Å². The molecule has 2 N–H and O–H groups in total. The number of rotatable bonds is 4. The molecule has 0 unspecified atom stereocenters. The number of benzene rings is 2. The second-order valence-corrected chi connectivity index (χ2v) is 8.17. The van der Waals surface area contributed by atoms with Crippen molar-refractivity contribution in [2.45, 2.75) is 18.8 Å². The number of halogens is 2. The van der Waals surface area contributed by atoms with Crippen molar-refractivity contribution in [1.82, 2.24) is 15.1 Å². The van der Waals surface area contributed by atoms with Gasteiger partial charge < -0.3 is 10.6 Å². The molecule has 1 fully saturated rings. The monoisotopic (exact) mass is 458 g/mol. The third kappa shape index (κ3) is 4.14. The average Bonchev–Trinajstić information content (AvgIpc) is 3.16. The lowest BCUT2D eigenvalue weighted by Gasteiger charge is -2.24. The molecule has 2 heterocycles. The van der Waals surface area contributed by atoms with Gasteiger partial charge in [0.15, 0.2) is 0 Å². The Labute approximate surface area is 177 Å². The van der Waals surface area contributed by atoms with Crippen LogP contribution in [-0.2, 0) is 0 Å². The van der Waals surface area contributed by atoms with E-state index in [4.69, 9.17) is 11.6 Å². The summed E-state index contributed by atoms with van der Waals surface area (Å²) in [6.45, 7) is 1.87. The maximum Gasteiger partial charge on any atom is 0.259 e. The Morgan fingerprint density at radius 2 is 1.79 bits per heavy atom. The molecule has 3 aromatic rings. The number of amides is 1. The summed E-state index contributed by atoms with van der Waals surface area (Å²) < 4.78 is 2.85. The van der Waals surface area contributed by atoms with Crippen molar-refractivity contribution in [2.75, 3.05) is 18.4 Å². The highest BCUT2D eigenvalue weighted by molar-refractivity contribution is 9.10. The maximum atomic E-state index is 13.0.